The van der Waals surface area contributed by atoms with Crippen molar-refractivity contribution in [1.29, 1.82) is 0 Å². The fourth-order valence-corrected chi connectivity index (χ4v) is 1.53. The Bertz CT molecular complexity index is 340. The number of carbonyl (C=O) groups is 1. The van der Waals surface area contributed by atoms with Crippen molar-refractivity contribution < 1.29 is 4.79 Å². The van der Waals surface area contributed by atoms with Crippen molar-refractivity contribution in [3.05, 3.63) is 24.5 Å². The summed E-state index contributed by atoms with van der Waals surface area (Å²) in [5.74, 6) is 0.0963. The number of anilines is 1. The van der Waals surface area contributed by atoms with E-state index < -0.39 is 0 Å². The Morgan fingerprint density at radius 3 is 2.59 bits per heavy atom. The van der Waals surface area contributed by atoms with Crippen LogP contribution in [0.3, 0.4) is 0 Å². The van der Waals surface area contributed by atoms with Crippen molar-refractivity contribution in [3.63, 3.8) is 0 Å². The molecule has 0 fully saturated rings. The number of nitrogens with zero attached hydrogens (tertiary/aromatic N) is 2. The van der Waals surface area contributed by atoms with Gasteiger partial charge < -0.3 is 10.2 Å². The van der Waals surface area contributed by atoms with Crippen LogP contribution in [-0.2, 0) is 4.79 Å². The van der Waals surface area contributed by atoms with E-state index >= 15 is 0 Å². The summed E-state index contributed by atoms with van der Waals surface area (Å²) in [6.07, 6.45) is 4.43. The molecular weight excluding hydrogens is 214 g/mol. The standard InChI is InChI=1S/C13H21N3O/c1-4-11(3)15-10-13(17)16(5-2)12-6-8-14-9-7-12/h6-9,11,15H,4-5,10H2,1-3H3. The Morgan fingerprint density at radius 1 is 1.41 bits per heavy atom. The first kappa shape index (κ1) is 13.6. The summed E-state index contributed by atoms with van der Waals surface area (Å²) in [5.41, 5.74) is 0.901. The third-order valence-electron chi connectivity index (χ3n) is 2.81. The van der Waals surface area contributed by atoms with E-state index in [4.69, 9.17) is 0 Å². The smallest absolute Gasteiger partial charge is 0.240 e. The average molecular weight is 235 g/mol. The molecule has 0 saturated carbocycles. The minimum absolute atomic E-state index is 0.0963. The Hall–Kier alpha value is -1.42. The molecule has 0 aromatic carbocycles. The number of amides is 1. The second-order valence-corrected chi connectivity index (χ2v) is 4.03. The number of hydrogen-bond acceptors (Lipinski definition) is 3. The maximum absolute atomic E-state index is 12.0. The van der Waals surface area contributed by atoms with E-state index in [0.29, 0.717) is 19.1 Å². The summed E-state index contributed by atoms with van der Waals surface area (Å²) in [6, 6.07) is 4.07. The van der Waals surface area contributed by atoms with Crippen LogP contribution in [0.25, 0.3) is 0 Å². The summed E-state index contributed by atoms with van der Waals surface area (Å²) in [6.45, 7) is 7.20. The minimum Gasteiger partial charge on any atom is -0.311 e. The quantitative estimate of drug-likeness (QED) is 0.818. The highest BCUT2D eigenvalue weighted by Gasteiger charge is 2.13. The van der Waals surface area contributed by atoms with Gasteiger partial charge in [-0.25, -0.2) is 0 Å². The lowest BCUT2D eigenvalue weighted by atomic mass is 10.2. The summed E-state index contributed by atoms with van der Waals surface area (Å²) in [5, 5.41) is 3.21. The SMILES string of the molecule is CCC(C)NCC(=O)N(CC)c1ccncc1. The zero-order valence-corrected chi connectivity index (χ0v) is 10.8. The molecule has 94 valence electrons. The molecule has 1 rings (SSSR count). The lowest BCUT2D eigenvalue weighted by molar-refractivity contribution is -0.117. The average Bonchev–Trinajstić information content (AvgIpc) is 2.38. The van der Waals surface area contributed by atoms with Gasteiger partial charge in [0.05, 0.1) is 6.54 Å². The molecule has 1 unspecified atom stereocenters. The molecular formula is C13H21N3O. The second-order valence-electron chi connectivity index (χ2n) is 4.03. The molecule has 0 aliphatic heterocycles. The lowest BCUT2D eigenvalue weighted by Gasteiger charge is -2.22. The summed E-state index contributed by atoms with van der Waals surface area (Å²) < 4.78 is 0. The fraction of sp³-hybridized carbons (Fsp3) is 0.538. The Morgan fingerprint density at radius 2 is 2.06 bits per heavy atom. The third kappa shape index (κ3) is 4.15. The van der Waals surface area contributed by atoms with E-state index in [1.165, 1.54) is 0 Å². The topological polar surface area (TPSA) is 45.2 Å². The molecule has 1 heterocycles. The van der Waals surface area contributed by atoms with Crippen LogP contribution in [0.15, 0.2) is 24.5 Å². The van der Waals surface area contributed by atoms with E-state index in [9.17, 15) is 4.79 Å². The molecule has 0 aliphatic carbocycles. The van der Waals surface area contributed by atoms with Crippen LogP contribution in [0.2, 0.25) is 0 Å². The maximum atomic E-state index is 12.0. The van der Waals surface area contributed by atoms with Gasteiger partial charge in [0.1, 0.15) is 0 Å². The number of likely N-dealkylation sites (N-methyl/N-ethyl adjacent to an activating group) is 1. The van der Waals surface area contributed by atoms with Crippen LogP contribution in [-0.4, -0.2) is 30.0 Å². The van der Waals surface area contributed by atoms with Gasteiger partial charge in [-0.15, -0.1) is 0 Å². The molecule has 0 bridgehead atoms. The number of nitrogens with one attached hydrogen (secondary N) is 1. The van der Waals surface area contributed by atoms with Gasteiger partial charge in [0.25, 0.3) is 0 Å². The molecule has 0 aliphatic rings. The first-order valence-corrected chi connectivity index (χ1v) is 6.12. The van der Waals surface area contributed by atoms with Crippen molar-refractivity contribution in [1.82, 2.24) is 10.3 Å². The highest BCUT2D eigenvalue weighted by Crippen LogP contribution is 2.11. The minimum atomic E-state index is 0.0963. The van der Waals surface area contributed by atoms with Crippen LogP contribution >= 0.6 is 0 Å². The van der Waals surface area contributed by atoms with Gasteiger partial charge in [-0.1, -0.05) is 6.92 Å². The molecule has 4 nitrogen and oxygen atoms in total. The predicted molar refractivity (Wildman–Crippen MR) is 70.0 cm³/mol. The van der Waals surface area contributed by atoms with Gasteiger partial charge >= 0.3 is 0 Å². The van der Waals surface area contributed by atoms with Crippen molar-refractivity contribution >= 4 is 11.6 Å². The number of rotatable bonds is 6. The molecule has 1 amide bonds. The van der Waals surface area contributed by atoms with Crippen LogP contribution in [0.4, 0.5) is 5.69 Å². The normalized spacial score (nSPS) is 12.2. The highest BCUT2D eigenvalue weighted by molar-refractivity contribution is 5.94. The largest absolute Gasteiger partial charge is 0.311 e. The fourth-order valence-electron chi connectivity index (χ4n) is 1.53. The zero-order valence-electron chi connectivity index (χ0n) is 10.8. The van der Waals surface area contributed by atoms with Gasteiger partial charge in [0.2, 0.25) is 5.91 Å². The Labute approximate surface area is 103 Å². The molecule has 17 heavy (non-hydrogen) atoms. The molecule has 0 spiro atoms. The molecule has 1 atom stereocenters. The number of aromatic nitrogens is 1. The van der Waals surface area contributed by atoms with Crippen LogP contribution in [0.5, 0.6) is 0 Å². The third-order valence-corrected chi connectivity index (χ3v) is 2.81. The maximum Gasteiger partial charge on any atom is 0.240 e. The zero-order chi connectivity index (χ0) is 12.7. The molecule has 0 saturated heterocycles. The number of carbonyl (C=O) groups excluding carboxylic acids is 1. The van der Waals surface area contributed by atoms with Crippen LogP contribution in [0.1, 0.15) is 27.2 Å². The van der Waals surface area contributed by atoms with E-state index in [0.717, 1.165) is 12.1 Å². The van der Waals surface area contributed by atoms with Gasteiger partial charge in [0, 0.05) is 30.7 Å². The summed E-state index contributed by atoms with van der Waals surface area (Å²) >= 11 is 0. The van der Waals surface area contributed by atoms with Crippen LogP contribution < -0.4 is 10.2 Å². The van der Waals surface area contributed by atoms with Crippen molar-refractivity contribution in [3.8, 4) is 0 Å². The van der Waals surface area contributed by atoms with Gasteiger partial charge in [-0.3, -0.25) is 9.78 Å². The van der Waals surface area contributed by atoms with Gasteiger partial charge in [-0.05, 0) is 32.4 Å². The molecule has 1 N–H and O–H groups in total. The molecule has 1 aromatic rings. The number of hydrogen-bond donors (Lipinski definition) is 1. The van der Waals surface area contributed by atoms with Gasteiger partial charge in [-0.2, -0.15) is 0 Å². The molecule has 4 heteroatoms. The summed E-state index contributed by atoms with van der Waals surface area (Å²) in [4.78, 5) is 17.8. The van der Waals surface area contributed by atoms with Crippen molar-refractivity contribution in [2.45, 2.75) is 33.2 Å². The number of pyridine rings is 1. The van der Waals surface area contributed by atoms with Gasteiger partial charge in [0.15, 0.2) is 0 Å². The molecule has 1 aromatic heterocycles. The Kier molecular flexibility index (Phi) is 5.63. The van der Waals surface area contributed by atoms with E-state index in [1.807, 2.05) is 19.1 Å². The Balaban J connectivity index is 2.59. The van der Waals surface area contributed by atoms with E-state index in [1.54, 1.807) is 17.3 Å². The van der Waals surface area contributed by atoms with E-state index in [-0.39, 0.29) is 5.91 Å². The monoisotopic (exact) mass is 235 g/mol. The summed E-state index contributed by atoms with van der Waals surface area (Å²) in [7, 11) is 0. The lowest BCUT2D eigenvalue weighted by Crippen LogP contribution is -2.40. The first-order chi connectivity index (χ1) is 8.19. The highest BCUT2D eigenvalue weighted by atomic mass is 16.2. The predicted octanol–water partition coefficient (Wildman–Crippen LogP) is 1.82. The van der Waals surface area contributed by atoms with Crippen LogP contribution in [0, 0.1) is 0 Å². The first-order valence-electron chi connectivity index (χ1n) is 6.12. The van der Waals surface area contributed by atoms with Crippen molar-refractivity contribution in [2.75, 3.05) is 18.0 Å². The molecule has 0 radical (unpaired) electrons. The van der Waals surface area contributed by atoms with Crippen molar-refractivity contribution in [2.24, 2.45) is 0 Å². The van der Waals surface area contributed by atoms with E-state index in [2.05, 4.69) is 24.1 Å². The second kappa shape index (κ2) is 7.01.